The summed E-state index contributed by atoms with van der Waals surface area (Å²) >= 11 is 2.69. The molecule has 0 spiro atoms. The van der Waals surface area contributed by atoms with E-state index in [1.54, 1.807) is 0 Å². The van der Waals surface area contributed by atoms with Gasteiger partial charge in [-0.25, -0.2) is 0 Å². The van der Waals surface area contributed by atoms with Crippen LogP contribution >= 0.6 is 38.5 Å². The zero-order valence-electron chi connectivity index (χ0n) is 5.07. The Kier molecular flexibility index (Phi) is 4.98. The summed E-state index contributed by atoms with van der Waals surface area (Å²) < 4.78 is 0.0689. The van der Waals surface area contributed by atoms with Crippen molar-refractivity contribution in [3.63, 3.8) is 0 Å². The van der Waals surface area contributed by atoms with Gasteiger partial charge in [0.05, 0.1) is 0 Å². The topological polar surface area (TPSA) is 0 Å². The minimum absolute atomic E-state index is 0.0290. The first kappa shape index (κ1) is 10.9. The van der Waals surface area contributed by atoms with E-state index in [9.17, 15) is 0 Å². The molecule has 0 aromatic carbocycles. The van der Waals surface area contributed by atoms with Crippen LogP contribution in [-0.2, 0) is 0 Å². The average Bonchev–Trinajstić information content (AvgIpc) is 1.62. The average molecular weight is 326 g/mol. The Labute approximate surface area is 75.8 Å². The summed E-state index contributed by atoms with van der Waals surface area (Å²) in [5.74, 6) is 0. The van der Waals surface area contributed by atoms with Gasteiger partial charge in [-0.1, -0.05) is 0 Å². The third-order valence-corrected chi connectivity index (χ3v) is 11.1. The van der Waals surface area contributed by atoms with Gasteiger partial charge < -0.3 is 0 Å². The summed E-state index contributed by atoms with van der Waals surface area (Å²) in [6, 6.07) is 0. The van der Waals surface area contributed by atoms with E-state index >= 15 is 0 Å². The molecule has 0 heterocycles. The molecule has 0 bridgehead atoms. The van der Waals surface area contributed by atoms with E-state index in [1.165, 1.54) is 0 Å². The number of halogens is 4. The maximum atomic E-state index is 5.72. The number of alkyl halides is 1. The van der Waals surface area contributed by atoms with Crippen molar-refractivity contribution in [3.05, 3.63) is 0 Å². The summed E-state index contributed by atoms with van der Waals surface area (Å²) in [6.07, 6.45) is 0. The Bertz CT molecular complexity index is 87.1. The number of rotatable bonds is 2. The van der Waals surface area contributed by atoms with Crippen LogP contribution in [0.3, 0.4) is 0 Å². The summed E-state index contributed by atoms with van der Waals surface area (Å²) in [4.78, 5) is 0. The predicted octanol–water partition coefficient (Wildman–Crippen LogP) is 3.66. The zero-order valence-corrected chi connectivity index (χ0v) is 10.4. The van der Waals surface area contributed by atoms with Crippen LogP contribution in [0.2, 0.25) is 3.97 Å². The third kappa shape index (κ3) is 4.40. The molecule has 0 aliphatic carbocycles. The molecule has 9 heavy (non-hydrogen) atoms. The molecule has 0 fully saturated rings. The van der Waals surface area contributed by atoms with E-state index in [0.29, 0.717) is 0 Å². The standard InChI is InChI=1S/C4H8Cl4Te/c1-3(5)4(2)9(6,7)8/h3-4H,1-2H3/t3-,4-/m0/s1. The van der Waals surface area contributed by atoms with Crippen molar-refractivity contribution in [1.82, 2.24) is 0 Å². The van der Waals surface area contributed by atoms with Crippen molar-refractivity contribution in [2.75, 3.05) is 0 Å². The maximum absolute atomic E-state index is 5.72. The van der Waals surface area contributed by atoms with Gasteiger partial charge >= 0.3 is 76.5 Å². The molecule has 0 aromatic heterocycles. The van der Waals surface area contributed by atoms with Gasteiger partial charge in [-0.3, -0.25) is 0 Å². The van der Waals surface area contributed by atoms with E-state index in [-0.39, 0.29) is 9.34 Å². The molecule has 0 radical (unpaired) electrons. The van der Waals surface area contributed by atoms with E-state index < -0.39 is 14.8 Å². The third-order valence-electron chi connectivity index (χ3n) is 1.07. The van der Waals surface area contributed by atoms with Crippen molar-refractivity contribution in [2.45, 2.75) is 23.2 Å². The summed E-state index contributed by atoms with van der Waals surface area (Å²) in [7, 11) is 17.1. The first-order chi connectivity index (χ1) is 3.85. The normalized spacial score (nSPS) is 21.1. The molecule has 0 rings (SSSR count). The van der Waals surface area contributed by atoms with Gasteiger partial charge in [0.25, 0.3) is 0 Å². The van der Waals surface area contributed by atoms with Crippen LogP contribution < -0.4 is 0 Å². The Morgan fingerprint density at radius 2 is 1.44 bits per heavy atom. The van der Waals surface area contributed by atoms with Crippen molar-refractivity contribution in [2.24, 2.45) is 0 Å². The van der Waals surface area contributed by atoms with E-state index in [0.717, 1.165) is 0 Å². The van der Waals surface area contributed by atoms with Crippen LogP contribution in [0.25, 0.3) is 0 Å². The second kappa shape index (κ2) is 4.10. The van der Waals surface area contributed by atoms with Gasteiger partial charge in [0.2, 0.25) is 0 Å². The van der Waals surface area contributed by atoms with E-state index in [2.05, 4.69) is 0 Å². The molecule has 0 amide bonds. The number of hydrogen-bond donors (Lipinski definition) is 0. The molecule has 0 N–H and O–H groups in total. The van der Waals surface area contributed by atoms with Crippen molar-refractivity contribution in [1.29, 1.82) is 0 Å². The van der Waals surface area contributed by atoms with Gasteiger partial charge in [-0.15, -0.1) is 0 Å². The van der Waals surface area contributed by atoms with Crippen LogP contribution in [0.5, 0.6) is 0 Å². The van der Waals surface area contributed by atoms with Crippen LogP contribution in [0, 0.1) is 0 Å². The van der Waals surface area contributed by atoms with Crippen molar-refractivity contribution < 1.29 is 0 Å². The fourth-order valence-electron chi connectivity index (χ4n) is 0.213. The SMILES string of the molecule is C[C@H](Cl)[C@H](C)[Te](Cl)(Cl)Cl. The Morgan fingerprint density at radius 1 is 1.11 bits per heavy atom. The Balaban J connectivity index is 3.88. The molecule has 2 atom stereocenters. The molecule has 58 valence electrons. The summed E-state index contributed by atoms with van der Waals surface area (Å²) in [6.45, 7) is 3.73. The molecule has 0 saturated carbocycles. The molecular formula is C4H8Cl4Te. The molecule has 0 saturated heterocycles. The Morgan fingerprint density at radius 3 is 1.44 bits per heavy atom. The first-order valence-electron chi connectivity index (χ1n) is 2.40. The van der Waals surface area contributed by atoms with Crippen LogP contribution in [0.4, 0.5) is 0 Å². The Hall–Kier alpha value is 1.95. The van der Waals surface area contributed by atoms with Crippen LogP contribution in [-0.4, -0.2) is 20.2 Å². The minimum atomic E-state index is -3.02. The van der Waals surface area contributed by atoms with Crippen LogP contribution in [0.15, 0.2) is 0 Å². The van der Waals surface area contributed by atoms with E-state index in [1.807, 2.05) is 13.8 Å². The first-order valence-corrected chi connectivity index (χ1v) is 13.0. The van der Waals surface area contributed by atoms with Gasteiger partial charge in [-0.05, 0) is 0 Å². The van der Waals surface area contributed by atoms with E-state index in [4.69, 9.17) is 38.5 Å². The molecule has 0 aliphatic heterocycles. The molecule has 0 nitrogen and oxygen atoms in total. The molecule has 0 aromatic rings. The zero-order chi connectivity index (χ0) is 7.65. The molecule has 0 aliphatic rings. The second-order valence-electron chi connectivity index (χ2n) is 1.82. The molecule has 5 heteroatoms. The van der Waals surface area contributed by atoms with Crippen LogP contribution in [0.1, 0.15) is 13.8 Å². The fourth-order valence-corrected chi connectivity index (χ4v) is 6.63. The van der Waals surface area contributed by atoms with Crippen molar-refractivity contribution >= 4 is 53.3 Å². The second-order valence-corrected chi connectivity index (χ2v) is 20.1. The van der Waals surface area contributed by atoms with Gasteiger partial charge in [-0.2, -0.15) is 0 Å². The van der Waals surface area contributed by atoms with Gasteiger partial charge in [0.15, 0.2) is 0 Å². The predicted molar refractivity (Wildman–Crippen MR) is 48.1 cm³/mol. The van der Waals surface area contributed by atoms with Gasteiger partial charge in [0, 0.05) is 0 Å². The van der Waals surface area contributed by atoms with Crippen molar-refractivity contribution in [3.8, 4) is 0 Å². The molecule has 0 unspecified atom stereocenters. The quantitative estimate of drug-likeness (QED) is 0.537. The number of hydrogen-bond acceptors (Lipinski definition) is 0. The summed E-state index contributed by atoms with van der Waals surface area (Å²) in [5.41, 5.74) is 0. The van der Waals surface area contributed by atoms with Gasteiger partial charge in [0.1, 0.15) is 0 Å². The monoisotopic (exact) mass is 326 g/mol. The fraction of sp³-hybridized carbons (Fsp3) is 1.00. The summed E-state index contributed by atoms with van der Waals surface area (Å²) in [5, 5.41) is -0.0290. The molecular weight excluding hydrogens is 317 g/mol.